The van der Waals surface area contributed by atoms with Crippen molar-refractivity contribution in [2.45, 2.75) is 13.5 Å². The van der Waals surface area contributed by atoms with E-state index < -0.39 is 5.76 Å². The molecule has 23 heavy (non-hydrogen) atoms. The third-order valence-electron chi connectivity index (χ3n) is 3.33. The molecule has 0 radical (unpaired) electrons. The Kier molecular flexibility index (Phi) is 4.41. The molecule has 1 amide bonds. The van der Waals surface area contributed by atoms with Crippen molar-refractivity contribution < 1.29 is 9.21 Å². The van der Waals surface area contributed by atoms with E-state index in [0.29, 0.717) is 16.8 Å². The van der Waals surface area contributed by atoms with Gasteiger partial charge in [0.2, 0.25) is 5.91 Å². The van der Waals surface area contributed by atoms with Crippen LogP contribution in [0.5, 0.6) is 0 Å². The molecule has 1 N–H and O–H groups in total. The number of halogens is 2. The van der Waals surface area contributed by atoms with Crippen molar-refractivity contribution in [1.82, 2.24) is 4.57 Å². The minimum Gasteiger partial charge on any atom is -0.408 e. The van der Waals surface area contributed by atoms with Gasteiger partial charge in [0.1, 0.15) is 6.54 Å². The Bertz CT molecular complexity index is 936. The molecule has 0 fully saturated rings. The summed E-state index contributed by atoms with van der Waals surface area (Å²) in [5.41, 5.74) is 2.73. The van der Waals surface area contributed by atoms with E-state index in [9.17, 15) is 9.59 Å². The third-order valence-corrected chi connectivity index (χ3v) is 4.58. The Hall–Kier alpha value is -1.86. The summed E-state index contributed by atoms with van der Waals surface area (Å²) in [5, 5.41) is 2.80. The number of para-hydroxylation sites is 2. The van der Waals surface area contributed by atoms with Crippen molar-refractivity contribution >= 4 is 54.6 Å². The average Bonchev–Trinajstić information content (AvgIpc) is 2.79. The van der Waals surface area contributed by atoms with E-state index in [1.54, 1.807) is 24.3 Å². The van der Waals surface area contributed by atoms with Crippen LogP contribution in [0, 0.1) is 6.92 Å². The van der Waals surface area contributed by atoms with Gasteiger partial charge in [0, 0.05) is 8.95 Å². The number of rotatable bonds is 3. The van der Waals surface area contributed by atoms with Gasteiger partial charge in [-0.3, -0.25) is 9.36 Å². The van der Waals surface area contributed by atoms with E-state index in [0.717, 1.165) is 14.5 Å². The van der Waals surface area contributed by atoms with Gasteiger partial charge in [-0.1, -0.05) is 12.1 Å². The van der Waals surface area contributed by atoms with Crippen LogP contribution in [0.25, 0.3) is 11.1 Å². The molecular weight excluding hydrogens is 428 g/mol. The number of aryl methyl sites for hydroxylation is 1. The molecule has 0 atom stereocenters. The minimum absolute atomic E-state index is 0.122. The van der Waals surface area contributed by atoms with Crippen LogP contribution in [0.1, 0.15) is 5.56 Å². The normalized spacial score (nSPS) is 10.9. The molecule has 0 bridgehead atoms. The molecule has 2 aromatic carbocycles. The summed E-state index contributed by atoms with van der Waals surface area (Å²) < 4.78 is 7.96. The zero-order chi connectivity index (χ0) is 16.6. The number of fused-ring (bicyclic) bond motifs is 1. The third kappa shape index (κ3) is 3.25. The average molecular weight is 440 g/mol. The molecule has 7 heteroatoms. The second-order valence-corrected chi connectivity index (χ2v) is 6.78. The monoisotopic (exact) mass is 438 g/mol. The Morgan fingerprint density at radius 2 is 1.87 bits per heavy atom. The summed E-state index contributed by atoms with van der Waals surface area (Å²) in [6.07, 6.45) is 0. The van der Waals surface area contributed by atoms with Gasteiger partial charge in [0.25, 0.3) is 0 Å². The number of carbonyl (C=O) groups is 1. The number of carbonyl (C=O) groups excluding carboxylic acids is 1. The van der Waals surface area contributed by atoms with Crippen LogP contribution >= 0.6 is 31.9 Å². The summed E-state index contributed by atoms with van der Waals surface area (Å²) in [5.74, 6) is -0.868. The number of anilines is 1. The number of aromatic nitrogens is 1. The van der Waals surface area contributed by atoms with Gasteiger partial charge in [0.05, 0.1) is 11.2 Å². The zero-order valence-electron chi connectivity index (χ0n) is 12.1. The maximum absolute atomic E-state index is 12.3. The Morgan fingerprint density at radius 1 is 1.22 bits per heavy atom. The largest absolute Gasteiger partial charge is 0.420 e. The predicted octanol–water partition coefficient (Wildman–Crippen LogP) is 4.07. The predicted molar refractivity (Wildman–Crippen MR) is 95.7 cm³/mol. The van der Waals surface area contributed by atoms with Crippen molar-refractivity contribution in [3.63, 3.8) is 0 Å². The first kappa shape index (κ1) is 16.0. The van der Waals surface area contributed by atoms with E-state index in [2.05, 4.69) is 37.2 Å². The molecule has 0 aliphatic carbocycles. The molecule has 5 nitrogen and oxygen atoms in total. The van der Waals surface area contributed by atoms with Crippen LogP contribution in [-0.4, -0.2) is 10.5 Å². The molecular formula is C16H12Br2N2O3. The first-order chi connectivity index (χ1) is 11.0. The Morgan fingerprint density at radius 3 is 2.57 bits per heavy atom. The number of oxazole rings is 1. The van der Waals surface area contributed by atoms with Crippen LogP contribution in [0.15, 0.2) is 54.6 Å². The van der Waals surface area contributed by atoms with Gasteiger partial charge >= 0.3 is 5.76 Å². The molecule has 0 saturated carbocycles. The number of hydrogen-bond acceptors (Lipinski definition) is 3. The lowest BCUT2D eigenvalue weighted by molar-refractivity contribution is -0.116. The summed E-state index contributed by atoms with van der Waals surface area (Å²) in [7, 11) is 0. The highest BCUT2D eigenvalue weighted by Crippen LogP contribution is 2.32. The Balaban J connectivity index is 1.88. The summed E-state index contributed by atoms with van der Waals surface area (Å²) in [6, 6.07) is 10.8. The van der Waals surface area contributed by atoms with Crippen molar-refractivity contribution in [3.05, 3.63) is 61.5 Å². The quantitative estimate of drug-likeness (QED) is 0.669. The number of benzene rings is 2. The van der Waals surface area contributed by atoms with Gasteiger partial charge in [-0.2, -0.15) is 0 Å². The number of amides is 1. The van der Waals surface area contributed by atoms with Crippen molar-refractivity contribution in [2.24, 2.45) is 0 Å². The van der Waals surface area contributed by atoms with Gasteiger partial charge in [0.15, 0.2) is 5.58 Å². The van der Waals surface area contributed by atoms with Crippen LogP contribution in [0.2, 0.25) is 0 Å². The van der Waals surface area contributed by atoms with Crippen LogP contribution < -0.4 is 11.1 Å². The second kappa shape index (κ2) is 6.33. The maximum Gasteiger partial charge on any atom is 0.420 e. The molecule has 1 aromatic heterocycles. The molecule has 3 aromatic rings. The molecule has 0 unspecified atom stereocenters. The highest BCUT2D eigenvalue weighted by molar-refractivity contribution is 9.11. The molecule has 3 rings (SSSR count). The second-order valence-electron chi connectivity index (χ2n) is 5.07. The molecule has 0 saturated heterocycles. The number of nitrogens with one attached hydrogen (secondary N) is 1. The van der Waals surface area contributed by atoms with E-state index in [1.807, 2.05) is 19.1 Å². The fraction of sp³-hybridized carbons (Fsp3) is 0.125. The molecule has 1 heterocycles. The molecule has 0 aliphatic heterocycles. The fourth-order valence-corrected chi connectivity index (χ4v) is 3.92. The van der Waals surface area contributed by atoms with Crippen LogP contribution in [0.3, 0.4) is 0 Å². The highest BCUT2D eigenvalue weighted by Gasteiger charge is 2.14. The minimum atomic E-state index is -0.552. The maximum atomic E-state index is 12.3. The number of nitrogens with zero attached hydrogens (tertiary/aromatic N) is 1. The van der Waals surface area contributed by atoms with E-state index in [-0.39, 0.29) is 12.5 Å². The first-order valence-electron chi connectivity index (χ1n) is 6.79. The summed E-state index contributed by atoms with van der Waals surface area (Å²) in [6.45, 7) is 1.83. The van der Waals surface area contributed by atoms with Gasteiger partial charge in [-0.05, 0) is 68.6 Å². The lowest BCUT2D eigenvalue weighted by Gasteiger charge is -2.11. The van der Waals surface area contributed by atoms with E-state index in [4.69, 9.17) is 4.42 Å². The summed E-state index contributed by atoms with van der Waals surface area (Å²) in [4.78, 5) is 24.2. The molecule has 118 valence electrons. The van der Waals surface area contributed by atoms with Crippen LogP contribution in [0.4, 0.5) is 5.69 Å². The lowest BCUT2D eigenvalue weighted by atomic mass is 10.2. The van der Waals surface area contributed by atoms with Gasteiger partial charge in [-0.25, -0.2) is 4.79 Å². The fourth-order valence-electron chi connectivity index (χ4n) is 2.31. The summed E-state index contributed by atoms with van der Waals surface area (Å²) >= 11 is 6.85. The topological polar surface area (TPSA) is 64.2 Å². The lowest BCUT2D eigenvalue weighted by Crippen LogP contribution is -2.25. The number of hydrogen-bond donors (Lipinski definition) is 1. The molecule has 0 spiro atoms. The van der Waals surface area contributed by atoms with Gasteiger partial charge in [-0.15, -0.1) is 0 Å². The van der Waals surface area contributed by atoms with Gasteiger partial charge < -0.3 is 9.73 Å². The smallest absolute Gasteiger partial charge is 0.408 e. The van der Waals surface area contributed by atoms with E-state index >= 15 is 0 Å². The highest BCUT2D eigenvalue weighted by atomic mass is 79.9. The van der Waals surface area contributed by atoms with Crippen molar-refractivity contribution in [2.75, 3.05) is 5.32 Å². The van der Waals surface area contributed by atoms with Crippen LogP contribution in [-0.2, 0) is 11.3 Å². The van der Waals surface area contributed by atoms with Crippen molar-refractivity contribution in [3.8, 4) is 0 Å². The standard InChI is InChI=1S/C16H12Br2N2O3/c1-9-6-10(17)15(11(18)7-9)19-14(21)8-20-12-4-2-3-5-13(12)23-16(20)22/h2-7H,8H2,1H3,(H,19,21). The van der Waals surface area contributed by atoms with E-state index in [1.165, 1.54) is 4.57 Å². The van der Waals surface area contributed by atoms with Crippen molar-refractivity contribution in [1.29, 1.82) is 0 Å². The molecule has 0 aliphatic rings. The zero-order valence-corrected chi connectivity index (χ0v) is 15.3. The Labute approximate surface area is 148 Å². The SMILES string of the molecule is Cc1cc(Br)c(NC(=O)Cn2c(=O)oc3ccccc32)c(Br)c1. The first-order valence-corrected chi connectivity index (χ1v) is 8.38.